The van der Waals surface area contributed by atoms with E-state index in [1.54, 1.807) is 0 Å². The lowest BCUT2D eigenvalue weighted by Gasteiger charge is -2.04. The van der Waals surface area contributed by atoms with Gasteiger partial charge in [-0.25, -0.2) is 0 Å². The third kappa shape index (κ3) is 3.87. The zero-order valence-electron chi connectivity index (χ0n) is 9.06. The van der Waals surface area contributed by atoms with Gasteiger partial charge in [0.15, 0.2) is 5.16 Å². The van der Waals surface area contributed by atoms with E-state index in [9.17, 15) is 10.1 Å². The number of hydrogen-bond acceptors (Lipinski definition) is 4. The highest BCUT2D eigenvalue weighted by Gasteiger charge is 2.09. The molecule has 0 bridgehead atoms. The lowest BCUT2D eigenvalue weighted by molar-refractivity contribution is -0.384. The Balaban J connectivity index is 3.11. The molecule has 0 N–H and O–H groups in total. The molecule has 0 aliphatic heterocycles. The van der Waals surface area contributed by atoms with Gasteiger partial charge in [0.1, 0.15) is 4.49 Å². The first-order chi connectivity index (χ1) is 8.45. The van der Waals surface area contributed by atoms with E-state index in [0.717, 1.165) is 0 Å². The number of benzene rings is 1. The van der Waals surface area contributed by atoms with Gasteiger partial charge in [-0.1, -0.05) is 34.8 Å². The monoisotopic (exact) mass is 308 g/mol. The highest BCUT2D eigenvalue weighted by atomic mass is 35.5. The van der Waals surface area contributed by atoms with Gasteiger partial charge in [-0.2, -0.15) is 4.99 Å². The third-order valence-electron chi connectivity index (χ3n) is 1.87. The second kappa shape index (κ2) is 6.58. The maximum atomic E-state index is 10.5. The van der Waals surface area contributed by atoms with Crippen molar-refractivity contribution in [1.82, 2.24) is 0 Å². The molecule has 5 nitrogen and oxygen atoms in total. The second-order valence-corrected chi connectivity index (χ2v) is 4.28. The minimum atomic E-state index is -0.504. The molecule has 0 fully saturated rings. The number of rotatable bonds is 3. The normalized spacial score (nSPS) is 11.0. The van der Waals surface area contributed by atoms with Crippen LogP contribution >= 0.6 is 34.8 Å². The fourth-order valence-electron chi connectivity index (χ4n) is 1.09. The van der Waals surface area contributed by atoms with E-state index in [2.05, 4.69) is 4.99 Å². The second-order valence-electron chi connectivity index (χ2n) is 2.98. The van der Waals surface area contributed by atoms with Crippen molar-refractivity contribution in [2.45, 2.75) is 0 Å². The summed E-state index contributed by atoms with van der Waals surface area (Å²) >= 11 is 16.6. The number of hydrogen-bond donors (Lipinski definition) is 0. The zero-order chi connectivity index (χ0) is 13.7. The molecule has 0 saturated heterocycles. The highest BCUT2D eigenvalue weighted by molar-refractivity contribution is 6.59. The molecule has 0 atom stereocenters. The van der Waals surface area contributed by atoms with Crippen LogP contribution < -0.4 is 0 Å². The average Bonchev–Trinajstić information content (AvgIpc) is 2.35. The Kier molecular flexibility index (Phi) is 5.40. The molecule has 1 aromatic rings. The molecule has 1 aromatic carbocycles. The van der Waals surface area contributed by atoms with E-state index in [4.69, 9.17) is 39.5 Å². The minimum absolute atomic E-state index is 0.0359. The number of nitro benzene ring substituents is 1. The molecule has 0 amide bonds. The first-order valence-electron chi connectivity index (χ1n) is 4.54. The molecule has 0 radical (unpaired) electrons. The minimum Gasteiger partial charge on any atom is -0.481 e. The quantitative estimate of drug-likeness (QED) is 0.280. The number of nitrogens with zero attached hydrogens (tertiary/aromatic N) is 2. The largest absolute Gasteiger partial charge is 0.481 e. The van der Waals surface area contributed by atoms with Crippen LogP contribution in [-0.4, -0.2) is 17.9 Å². The van der Waals surface area contributed by atoms with Crippen LogP contribution in [0.25, 0.3) is 0 Å². The van der Waals surface area contributed by atoms with Crippen LogP contribution in [0.2, 0.25) is 0 Å². The molecule has 0 aliphatic rings. The standard InChI is InChI=1S/C10H7Cl3N2O3/c1-18-10(14-9(13)8(11)12)6-2-4-7(5-3-6)15(16)17/h2-5H,1H3. The van der Waals surface area contributed by atoms with Gasteiger partial charge in [-0.3, -0.25) is 10.1 Å². The Hall–Kier alpha value is -1.30. The predicted octanol–water partition coefficient (Wildman–Crippen LogP) is 3.83. The molecular weight excluding hydrogens is 302 g/mol. The lowest BCUT2D eigenvalue weighted by Crippen LogP contribution is -2.03. The maximum absolute atomic E-state index is 10.5. The number of halogens is 3. The molecule has 96 valence electrons. The predicted molar refractivity (Wildman–Crippen MR) is 71.2 cm³/mol. The van der Waals surface area contributed by atoms with E-state index in [0.29, 0.717) is 5.56 Å². The summed E-state index contributed by atoms with van der Waals surface area (Å²) in [5, 5.41) is 10.4. The molecule has 0 spiro atoms. The Morgan fingerprint density at radius 3 is 2.22 bits per heavy atom. The maximum Gasteiger partial charge on any atom is 0.269 e. The third-order valence-corrected chi connectivity index (χ3v) is 2.70. The van der Waals surface area contributed by atoms with Crippen molar-refractivity contribution < 1.29 is 9.66 Å². The van der Waals surface area contributed by atoms with Gasteiger partial charge in [0, 0.05) is 17.7 Å². The summed E-state index contributed by atoms with van der Waals surface area (Å²) in [6.45, 7) is 0. The Labute approximate surface area is 118 Å². The smallest absolute Gasteiger partial charge is 0.269 e. The summed E-state index contributed by atoms with van der Waals surface area (Å²) < 4.78 is 4.80. The molecule has 0 aliphatic carbocycles. The van der Waals surface area contributed by atoms with Crippen LogP contribution in [0.3, 0.4) is 0 Å². The van der Waals surface area contributed by atoms with Crippen LogP contribution in [0.5, 0.6) is 0 Å². The van der Waals surface area contributed by atoms with E-state index in [-0.39, 0.29) is 21.2 Å². The van der Waals surface area contributed by atoms with E-state index < -0.39 is 4.92 Å². The van der Waals surface area contributed by atoms with Crippen molar-refractivity contribution in [3.8, 4) is 0 Å². The van der Waals surface area contributed by atoms with E-state index in [1.807, 2.05) is 0 Å². The Morgan fingerprint density at radius 1 is 1.28 bits per heavy atom. The molecule has 8 heteroatoms. The number of methoxy groups -OCH3 is 1. The number of nitro groups is 1. The summed E-state index contributed by atoms with van der Waals surface area (Å²) in [6.07, 6.45) is 0. The topological polar surface area (TPSA) is 64.7 Å². The fraction of sp³-hybridized carbons (Fsp3) is 0.100. The van der Waals surface area contributed by atoms with Crippen molar-refractivity contribution in [1.29, 1.82) is 0 Å². The summed E-state index contributed by atoms with van der Waals surface area (Å²) in [5.41, 5.74) is 0.474. The summed E-state index contributed by atoms with van der Waals surface area (Å²) in [4.78, 5) is 13.8. The van der Waals surface area contributed by atoms with Gasteiger partial charge in [-0.15, -0.1) is 0 Å². The van der Waals surface area contributed by atoms with Crippen LogP contribution in [0.1, 0.15) is 5.56 Å². The number of ether oxygens (including phenoxy) is 1. The van der Waals surface area contributed by atoms with Gasteiger partial charge in [0.2, 0.25) is 5.90 Å². The first kappa shape index (κ1) is 14.8. The number of non-ortho nitro benzene ring substituents is 1. The van der Waals surface area contributed by atoms with E-state index in [1.165, 1.54) is 31.4 Å². The fourth-order valence-corrected chi connectivity index (χ4v) is 1.25. The summed E-state index contributed by atoms with van der Waals surface area (Å²) in [7, 11) is 1.38. The van der Waals surface area contributed by atoms with Crippen molar-refractivity contribution in [2.24, 2.45) is 4.99 Å². The van der Waals surface area contributed by atoms with Gasteiger partial charge >= 0.3 is 0 Å². The summed E-state index contributed by atoms with van der Waals surface area (Å²) in [5.74, 6) is 0.147. The number of aliphatic imine (C=N–C) groups is 1. The van der Waals surface area contributed by atoms with Crippen LogP contribution in [0.15, 0.2) is 38.9 Å². The van der Waals surface area contributed by atoms with Gasteiger partial charge in [0.05, 0.1) is 12.0 Å². The van der Waals surface area contributed by atoms with Crippen LogP contribution in [0, 0.1) is 10.1 Å². The van der Waals surface area contributed by atoms with Gasteiger partial charge < -0.3 is 4.74 Å². The molecule has 0 aromatic heterocycles. The average molecular weight is 310 g/mol. The summed E-state index contributed by atoms with van der Waals surface area (Å²) in [6, 6.07) is 5.60. The molecule has 0 unspecified atom stereocenters. The molecular formula is C10H7Cl3N2O3. The SMILES string of the molecule is COC(=NC(Cl)=C(Cl)Cl)c1ccc([N+](=O)[O-])cc1. The van der Waals surface area contributed by atoms with Crippen molar-refractivity contribution in [3.63, 3.8) is 0 Å². The van der Waals surface area contributed by atoms with Crippen LogP contribution in [0.4, 0.5) is 5.69 Å². The zero-order valence-corrected chi connectivity index (χ0v) is 11.3. The molecule has 1 rings (SSSR count). The Morgan fingerprint density at radius 2 is 1.83 bits per heavy atom. The molecule has 0 saturated carbocycles. The van der Waals surface area contributed by atoms with Crippen molar-refractivity contribution in [2.75, 3.05) is 7.11 Å². The lowest BCUT2D eigenvalue weighted by atomic mass is 10.2. The van der Waals surface area contributed by atoms with Gasteiger partial charge in [0.25, 0.3) is 5.69 Å². The van der Waals surface area contributed by atoms with E-state index >= 15 is 0 Å². The Bertz CT molecular complexity index is 508. The van der Waals surface area contributed by atoms with Crippen molar-refractivity contribution in [3.05, 3.63) is 49.6 Å². The highest BCUT2D eigenvalue weighted by Crippen LogP contribution is 2.20. The first-order valence-corrected chi connectivity index (χ1v) is 5.67. The molecule has 18 heavy (non-hydrogen) atoms. The molecule has 0 heterocycles. The van der Waals surface area contributed by atoms with Crippen molar-refractivity contribution >= 4 is 46.4 Å². The van der Waals surface area contributed by atoms with Crippen LogP contribution in [-0.2, 0) is 4.74 Å². The van der Waals surface area contributed by atoms with Gasteiger partial charge in [-0.05, 0) is 12.1 Å².